The molecule has 0 heterocycles. The molecule has 0 bridgehead atoms. The molecule has 0 aliphatic heterocycles. The summed E-state index contributed by atoms with van der Waals surface area (Å²) >= 11 is 0. The summed E-state index contributed by atoms with van der Waals surface area (Å²) in [6.45, 7) is 0.138. The van der Waals surface area contributed by atoms with Crippen LogP contribution in [-0.2, 0) is 20.7 Å². The van der Waals surface area contributed by atoms with Crippen molar-refractivity contribution in [3.05, 3.63) is 29.8 Å². The summed E-state index contributed by atoms with van der Waals surface area (Å²) in [5.41, 5.74) is 0.934. The summed E-state index contributed by atoms with van der Waals surface area (Å²) in [6.07, 6.45) is 1.55. The average Bonchev–Trinajstić information content (AvgIpc) is 2.16. The summed E-state index contributed by atoms with van der Waals surface area (Å²) < 4.78 is 31.2. The molecule has 0 unspecified atom stereocenters. The predicted octanol–water partition coefficient (Wildman–Crippen LogP) is 1.21. The first-order chi connectivity index (χ1) is 7.03. The van der Waals surface area contributed by atoms with E-state index in [0.717, 1.165) is 17.6 Å². The monoisotopic (exact) mass is 230 g/mol. The Labute approximate surface area is 90.0 Å². The molecule has 15 heavy (non-hydrogen) atoms. The second-order valence-corrected chi connectivity index (χ2v) is 4.73. The highest BCUT2D eigenvalue weighted by Gasteiger charge is 2.04. The Morgan fingerprint density at radius 3 is 2.53 bits per heavy atom. The molecule has 0 radical (unpaired) electrons. The van der Waals surface area contributed by atoms with Gasteiger partial charge in [0.1, 0.15) is 5.75 Å². The third-order valence-electron chi connectivity index (χ3n) is 1.86. The van der Waals surface area contributed by atoms with Crippen LogP contribution in [-0.4, -0.2) is 28.4 Å². The molecule has 1 aromatic rings. The highest BCUT2D eigenvalue weighted by Crippen LogP contribution is 2.17. The van der Waals surface area contributed by atoms with Crippen LogP contribution in [0, 0.1) is 0 Å². The fourth-order valence-corrected chi connectivity index (χ4v) is 1.60. The van der Waals surface area contributed by atoms with Crippen LogP contribution < -0.4 is 4.74 Å². The van der Waals surface area contributed by atoms with Gasteiger partial charge in [0, 0.05) is 6.42 Å². The standard InChI is InChI=1S/C10H14O4S/c1-13-10-6-4-3-5-9(10)7-8-14-15(2,11)12/h3-6H,7-8H2,1-2H3. The number of rotatable bonds is 5. The SMILES string of the molecule is COc1ccccc1CCOS(C)(=O)=O. The number of methoxy groups -OCH3 is 1. The van der Waals surface area contributed by atoms with Crippen LogP contribution in [0.2, 0.25) is 0 Å². The van der Waals surface area contributed by atoms with Crippen LogP contribution >= 0.6 is 0 Å². The van der Waals surface area contributed by atoms with Crippen molar-refractivity contribution < 1.29 is 17.3 Å². The molecule has 84 valence electrons. The third-order valence-corrected chi connectivity index (χ3v) is 2.46. The quantitative estimate of drug-likeness (QED) is 0.713. The summed E-state index contributed by atoms with van der Waals surface area (Å²) in [5, 5.41) is 0. The Kier molecular flexibility index (Phi) is 4.11. The molecule has 0 atom stereocenters. The fourth-order valence-electron chi connectivity index (χ4n) is 1.21. The first-order valence-electron chi connectivity index (χ1n) is 4.49. The minimum atomic E-state index is -3.35. The van der Waals surface area contributed by atoms with Crippen LogP contribution in [0.3, 0.4) is 0 Å². The third kappa shape index (κ3) is 4.31. The van der Waals surface area contributed by atoms with E-state index in [2.05, 4.69) is 4.18 Å². The van der Waals surface area contributed by atoms with E-state index in [1.54, 1.807) is 7.11 Å². The Hall–Kier alpha value is -1.07. The van der Waals surface area contributed by atoms with Gasteiger partial charge in [0.05, 0.1) is 20.0 Å². The van der Waals surface area contributed by atoms with Gasteiger partial charge >= 0.3 is 0 Å². The first kappa shape index (κ1) is 12.0. The average molecular weight is 230 g/mol. The molecule has 0 aliphatic carbocycles. The zero-order chi connectivity index (χ0) is 11.3. The molecule has 1 aromatic carbocycles. The first-order valence-corrected chi connectivity index (χ1v) is 6.31. The van der Waals surface area contributed by atoms with Gasteiger partial charge in [0.2, 0.25) is 0 Å². The lowest BCUT2D eigenvalue weighted by Crippen LogP contribution is -2.06. The number of ether oxygens (including phenoxy) is 1. The molecule has 0 fully saturated rings. The van der Waals surface area contributed by atoms with Crippen LogP contribution in [0.25, 0.3) is 0 Å². The van der Waals surface area contributed by atoms with Crippen molar-refractivity contribution in [2.75, 3.05) is 20.0 Å². The van der Waals surface area contributed by atoms with Crippen LogP contribution in [0.4, 0.5) is 0 Å². The highest BCUT2D eigenvalue weighted by atomic mass is 32.2. The van der Waals surface area contributed by atoms with Crippen molar-refractivity contribution in [2.45, 2.75) is 6.42 Å². The molecule has 0 amide bonds. The van der Waals surface area contributed by atoms with Gasteiger partial charge in [-0.1, -0.05) is 18.2 Å². The molecule has 0 aromatic heterocycles. The maximum absolute atomic E-state index is 10.7. The molecule has 1 rings (SSSR count). The molecular weight excluding hydrogens is 216 g/mol. The molecular formula is C10H14O4S. The highest BCUT2D eigenvalue weighted by molar-refractivity contribution is 7.85. The van der Waals surface area contributed by atoms with Gasteiger partial charge < -0.3 is 4.74 Å². The van der Waals surface area contributed by atoms with E-state index in [4.69, 9.17) is 4.74 Å². The molecule has 0 N–H and O–H groups in total. The van der Waals surface area contributed by atoms with Crippen molar-refractivity contribution in [3.63, 3.8) is 0 Å². The van der Waals surface area contributed by atoms with Gasteiger partial charge in [0.25, 0.3) is 10.1 Å². The molecule has 0 aliphatic rings. The predicted molar refractivity (Wildman–Crippen MR) is 57.5 cm³/mol. The lowest BCUT2D eigenvalue weighted by Gasteiger charge is -2.07. The van der Waals surface area contributed by atoms with Gasteiger partial charge in [-0.2, -0.15) is 8.42 Å². The summed E-state index contributed by atoms with van der Waals surface area (Å²) in [4.78, 5) is 0. The van der Waals surface area contributed by atoms with E-state index in [1.165, 1.54) is 0 Å². The molecule has 5 heteroatoms. The topological polar surface area (TPSA) is 52.6 Å². The number of hydrogen-bond acceptors (Lipinski definition) is 4. The number of benzene rings is 1. The largest absolute Gasteiger partial charge is 0.496 e. The summed E-state index contributed by atoms with van der Waals surface area (Å²) in [7, 11) is -1.78. The van der Waals surface area contributed by atoms with Crippen molar-refractivity contribution in [2.24, 2.45) is 0 Å². The zero-order valence-electron chi connectivity index (χ0n) is 8.76. The van der Waals surface area contributed by atoms with E-state index in [1.807, 2.05) is 24.3 Å². The van der Waals surface area contributed by atoms with Crippen LogP contribution in [0.15, 0.2) is 24.3 Å². The van der Waals surface area contributed by atoms with Crippen molar-refractivity contribution in [3.8, 4) is 5.75 Å². The number of hydrogen-bond donors (Lipinski definition) is 0. The smallest absolute Gasteiger partial charge is 0.264 e. The Morgan fingerprint density at radius 1 is 1.27 bits per heavy atom. The van der Waals surface area contributed by atoms with E-state index in [-0.39, 0.29) is 6.61 Å². The summed E-state index contributed by atoms with van der Waals surface area (Å²) in [6, 6.07) is 7.44. The van der Waals surface area contributed by atoms with E-state index < -0.39 is 10.1 Å². The van der Waals surface area contributed by atoms with Gasteiger partial charge in [-0.05, 0) is 11.6 Å². The molecule has 0 saturated carbocycles. The zero-order valence-corrected chi connectivity index (χ0v) is 9.58. The maximum atomic E-state index is 10.7. The lowest BCUT2D eigenvalue weighted by molar-refractivity contribution is 0.322. The van der Waals surface area contributed by atoms with Gasteiger partial charge in [0.15, 0.2) is 0 Å². The van der Waals surface area contributed by atoms with E-state index in [0.29, 0.717) is 6.42 Å². The second-order valence-electron chi connectivity index (χ2n) is 3.09. The maximum Gasteiger partial charge on any atom is 0.264 e. The Bertz CT molecular complexity index is 411. The normalized spacial score (nSPS) is 11.3. The van der Waals surface area contributed by atoms with Gasteiger partial charge in [-0.3, -0.25) is 4.18 Å². The van der Waals surface area contributed by atoms with Crippen molar-refractivity contribution >= 4 is 10.1 Å². The fraction of sp³-hybridized carbons (Fsp3) is 0.400. The molecule has 0 saturated heterocycles. The van der Waals surface area contributed by atoms with Gasteiger partial charge in [-0.15, -0.1) is 0 Å². The number of para-hydroxylation sites is 1. The van der Waals surface area contributed by atoms with Crippen LogP contribution in [0.1, 0.15) is 5.56 Å². The lowest BCUT2D eigenvalue weighted by atomic mass is 10.1. The van der Waals surface area contributed by atoms with Crippen LogP contribution in [0.5, 0.6) is 5.75 Å². The summed E-state index contributed by atoms with van der Waals surface area (Å²) in [5.74, 6) is 0.745. The van der Waals surface area contributed by atoms with Crippen molar-refractivity contribution in [1.82, 2.24) is 0 Å². The van der Waals surface area contributed by atoms with E-state index >= 15 is 0 Å². The Balaban J connectivity index is 2.58. The van der Waals surface area contributed by atoms with Crippen molar-refractivity contribution in [1.29, 1.82) is 0 Å². The minimum Gasteiger partial charge on any atom is -0.496 e. The van der Waals surface area contributed by atoms with E-state index in [9.17, 15) is 8.42 Å². The second kappa shape index (κ2) is 5.14. The van der Waals surface area contributed by atoms with Gasteiger partial charge in [-0.25, -0.2) is 0 Å². The molecule has 0 spiro atoms. The Morgan fingerprint density at radius 2 is 1.93 bits per heavy atom. The minimum absolute atomic E-state index is 0.138. The molecule has 4 nitrogen and oxygen atoms in total.